The number of carboxylic acids is 1. The molecule has 0 heterocycles. The molecule has 0 aromatic carbocycles. The lowest BCUT2D eigenvalue weighted by atomic mass is 9.81. The van der Waals surface area contributed by atoms with E-state index in [2.05, 4.69) is 19.2 Å². The van der Waals surface area contributed by atoms with Gasteiger partial charge in [0.05, 0.1) is 11.8 Å². The summed E-state index contributed by atoms with van der Waals surface area (Å²) in [6.45, 7) is 4.36. The normalized spacial score (nSPS) is 41.0. The summed E-state index contributed by atoms with van der Waals surface area (Å²) in [5, 5.41) is 12.5. The van der Waals surface area contributed by atoms with E-state index in [1.807, 2.05) is 12.2 Å². The Labute approximate surface area is 119 Å². The zero-order valence-corrected chi connectivity index (χ0v) is 12.1. The molecule has 2 N–H and O–H groups in total. The van der Waals surface area contributed by atoms with Crippen molar-refractivity contribution < 1.29 is 14.7 Å². The minimum absolute atomic E-state index is 0.0461. The van der Waals surface area contributed by atoms with Crippen molar-refractivity contribution >= 4 is 11.9 Å². The molecule has 0 aromatic rings. The third-order valence-electron chi connectivity index (χ3n) is 5.62. The predicted molar refractivity (Wildman–Crippen MR) is 74.9 cm³/mol. The van der Waals surface area contributed by atoms with Gasteiger partial charge in [0.15, 0.2) is 0 Å². The smallest absolute Gasteiger partial charge is 0.307 e. The molecule has 3 aliphatic carbocycles. The Morgan fingerprint density at radius 2 is 1.85 bits per heavy atom. The topological polar surface area (TPSA) is 66.4 Å². The Kier molecular flexibility index (Phi) is 3.14. The summed E-state index contributed by atoms with van der Waals surface area (Å²) in [4.78, 5) is 24.0. The van der Waals surface area contributed by atoms with Crippen LogP contribution in [0, 0.1) is 29.1 Å². The summed E-state index contributed by atoms with van der Waals surface area (Å²) in [5.74, 6) is -1.62. The van der Waals surface area contributed by atoms with E-state index in [1.165, 1.54) is 0 Å². The first-order chi connectivity index (χ1) is 9.40. The van der Waals surface area contributed by atoms with Crippen LogP contribution in [0.15, 0.2) is 12.2 Å². The molecule has 3 rings (SSSR count). The van der Waals surface area contributed by atoms with Crippen LogP contribution in [0.25, 0.3) is 0 Å². The van der Waals surface area contributed by atoms with E-state index >= 15 is 0 Å². The number of hydrogen-bond acceptors (Lipinski definition) is 2. The molecular formula is C16H23NO3. The first-order valence-electron chi connectivity index (χ1n) is 7.61. The van der Waals surface area contributed by atoms with Crippen LogP contribution < -0.4 is 5.32 Å². The fraction of sp³-hybridized carbons (Fsp3) is 0.750. The van der Waals surface area contributed by atoms with Crippen LogP contribution in [0.5, 0.6) is 0 Å². The van der Waals surface area contributed by atoms with Gasteiger partial charge in [-0.05, 0) is 36.5 Å². The van der Waals surface area contributed by atoms with Gasteiger partial charge in [-0.1, -0.05) is 32.4 Å². The van der Waals surface area contributed by atoms with Gasteiger partial charge in [0.25, 0.3) is 0 Å². The summed E-state index contributed by atoms with van der Waals surface area (Å²) in [6.07, 6.45) is 8.10. The molecular weight excluding hydrogens is 254 g/mol. The minimum atomic E-state index is -0.826. The van der Waals surface area contributed by atoms with Crippen LogP contribution >= 0.6 is 0 Å². The van der Waals surface area contributed by atoms with E-state index in [0.717, 1.165) is 25.7 Å². The molecule has 4 heteroatoms. The standard InChI is InChI=1S/C16H23NO3/c1-16(2)7-3-4-11(16)17-14(18)12-9-5-6-10(8-9)13(12)15(19)20/h5-6,9-13H,3-4,7-8H2,1-2H3,(H,17,18)(H,19,20). The number of carboxylic acid groups (broad SMARTS) is 1. The first-order valence-corrected chi connectivity index (χ1v) is 7.61. The average molecular weight is 277 g/mol. The highest BCUT2D eigenvalue weighted by Crippen LogP contribution is 2.48. The lowest BCUT2D eigenvalue weighted by Gasteiger charge is -2.31. The molecule has 5 unspecified atom stereocenters. The Morgan fingerprint density at radius 1 is 1.20 bits per heavy atom. The summed E-state index contributed by atoms with van der Waals surface area (Å²) in [6, 6.07) is 0.188. The fourth-order valence-electron chi connectivity index (χ4n) is 4.38. The number of carbonyl (C=O) groups excluding carboxylic acids is 1. The summed E-state index contributed by atoms with van der Waals surface area (Å²) in [7, 11) is 0. The fourth-order valence-corrected chi connectivity index (χ4v) is 4.38. The molecule has 4 nitrogen and oxygen atoms in total. The van der Waals surface area contributed by atoms with Gasteiger partial charge < -0.3 is 10.4 Å². The SMILES string of the molecule is CC1(C)CCCC1NC(=O)C1C2C=CC(C2)C1C(=O)O. The number of hydrogen-bond donors (Lipinski definition) is 2. The van der Waals surface area contributed by atoms with Crippen LogP contribution in [0.3, 0.4) is 0 Å². The van der Waals surface area contributed by atoms with Crippen molar-refractivity contribution in [2.75, 3.05) is 0 Å². The van der Waals surface area contributed by atoms with Crippen LogP contribution in [0.4, 0.5) is 0 Å². The summed E-state index contributed by atoms with van der Waals surface area (Å²) < 4.78 is 0. The first kappa shape index (κ1) is 13.7. The van der Waals surface area contributed by atoms with Crippen LogP contribution in [0.1, 0.15) is 39.5 Å². The molecule has 0 aliphatic heterocycles. The summed E-state index contributed by atoms with van der Waals surface area (Å²) >= 11 is 0. The Balaban J connectivity index is 1.74. The van der Waals surface area contributed by atoms with Gasteiger partial charge in [0.2, 0.25) is 5.91 Å². The quantitative estimate of drug-likeness (QED) is 0.777. The lowest BCUT2D eigenvalue weighted by molar-refractivity contribution is -0.148. The van der Waals surface area contributed by atoms with Crippen molar-refractivity contribution in [2.24, 2.45) is 29.1 Å². The second kappa shape index (κ2) is 4.61. The van der Waals surface area contributed by atoms with Crippen molar-refractivity contribution in [2.45, 2.75) is 45.6 Å². The largest absolute Gasteiger partial charge is 0.481 e. The van der Waals surface area contributed by atoms with Gasteiger partial charge in [-0.25, -0.2) is 0 Å². The number of fused-ring (bicyclic) bond motifs is 2. The number of rotatable bonds is 3. The zero-order valence-electron chi connectivity index (χ0n) is 12.1. The average Bonchev–Trinajstić information content (AvgIpc) is 3.03. The Hall–Kier alpha value is -1.32. The van der Waals surface area contributed by atoms with Gasteiger partial charge in [-0.3, -0.25) is 9.59 Å². The molecule has 1 amide bonds. The number of aliphatic carboxylic acids is 1. The molecule has 20 heavy (non-hydrogen) atoms. The van der Waals surface area contributed by atoms with Crippen molar-refractivity contribution in [3.05, 3.63) is 12.2 Å². The van der Waals surface area contributed by atoms with Crippen LogP contribution in [-0.2, 0) is 9.59 Å². The Morgan fingerprint density at radius 3 is 2.40 bits per heavy atom. The van der Waals surface area contributed by atoms with Gasteiger partial charge >= 0.3 is 5.97 Å². The van der Waals surface area contributed by atoms with E-state index < -0.39 is 11.9 Å². The highest BCUT2D eigenvalue weighted by molar-refractivity contribution is 5.87. The molecule has 3 aliphatic rings. The third kappa shape index (κ3) is 2.05. The van der Waals surface area contributed by atoms with Crippen molar-refractivity contribution in [3.63, 3.8) is 0 Å². The molecule has 0 radical (unpaired) electrons. The molecule has 5 atom stereocenters. The second-order valence-corrected chi connectivity index (χ2v) is 7.28. The molecule has 0 saturated heterocycles. The van der Waals surface area contributed by atoms with Crippen molar-refractivity contribution in [3.8, 4) is 0 Å². The number of amides is 1. The highest BCUT2D eigenvalue weighted by atomic mass is 16.4. The maximum atomic E-state index is 12.6. The minimum Gasteiger partial charge on any atom is -0.481 e. The molecule has 0 spiro atoms. The molecule has 2 bridgehead atoms. The second-order valence-electron chi connectivity index (χ2n) is 7.28. The van der Waals surface area contributed by atoms with E-state index in [9.17, 15) is 14.7 Å². The van der Waals surface area contributed by atoms with Gasteiger partial charge in [-0.2, -0.15) is 0 Å². The van der Waals surface area contributed by atoms with E-state index in [-0.39, 0.29) is 35.1 Å². The maximum Gasteiger partial charge on any atom is 0.307 e. The zero-order chi connectivity index (χ0) is 14.5. The molecule has 110 valence electrons. The van der Waals surface area contributed by atoms with Gasteiger partial charge in [-0.15, -0.1) is 0 Å². The molecule has 2 fully saturated rings. The van der Waals surface area contributed by atoms with E-state index in [1.54, 1.807) is 0 Å². The molecule has 2 saturated carbocycles. The van der Waals surface area contributed by atoms with E-state index in [4.69, 9.17) is 0 Å². The highest BCUT2D eigenvalue weighted by Gasteiger charge is 2.52. The third-order valence-corrected chi connectivity index (χ3v) is 5.62. The number of carbonyl (C=O) groups is 2. The van der Waals surface area contributed by atoms with Crippen LogP contribution in [-0.4, -0.2) is 23.0 Å². The Bertz CT molecular complexity index is 468. The monoisotopic (exact) mass is 277 g/mol. The summed E-state index contributed by atoms with van der Waals surface area (Å²) in [5.41, 5.74) is 0.127. The lowest BCUT2D eigenvalue weighted by Crippen LogP contribution is -2.47. The van der Waals surface area contributed by atoms with Gasteiger partial charge in [0.1, 0.15) is 0 Å². The van der Waals surface area contributed by atoms with Crippen molar-refractivity contribution in [1.29, 1.82) is 0 Å². The number of nitrogens with one attached hydrogen (secondary N) is 1. The van der Waals surface area contributed by atoms with E-state index in [0.29, 0.717) is 0 Å². The number of allylic oxidation sites excluding steroid dienone is 2. The molecule has 0 aromatic heterocycles. The van der Waals surface area contributed by atoms with Crippen LogP contribution in [0.2, 0.25) is 0 Å². The van der Waals surface area contributed by atoms with Crippen molar-refractivity contribution in [1.82, 2.24) is 5.32 Å². The maximum absolute atomic E-state index is 12.6. The predicted octanol–water partition coefficient (Wildman–Crippen LogP) is 2.20. The van der Waals surface area contributed by atoms with Gasteiger partial charge in [0, 0.05) is 6.04 Å².